The highest BCUT2D eigenvalue weighted by Gasteiger charge is 2.26. The summed E-state index contributed by atoms with van der Waals surface area (Å²) in [6.45, 7) is 6.60. The van der Waals surface area contributed by atoms with Crippen molar-refractivity contribution in [3.63, 3.8) is 0 Å². The minimum Gasteiger partial charge on any atom is -0.493 e. The van der Waals surface area contributed by atoms with Gasteiger partial charge in [-0.05, 0) is 38.2 Å². The van der Waals surface area contributed by atoms with Crippen LogP contribution < -0.4 is 19.1 Å². The standard InChI is InChI=1S/C18H25N3O5S/c1-11-8-20(9-12(2)25-11)10-21-18(27)26-17(19-21)13-6-14(22-3)16(24-5)15(7-13)23-4/h6-7,11-12H,8-10H2,1-5H3/p+1/t11-,12+. The van der Waals surface area contributed by atoms with Gasteiger partial charge in [0.05, 0.1) is 21.3 Å². The van der Waals surface area contributed by atoms with Crippen LogP contribution in [0.4, 0.5) is 0 Å². The maximum atomic E-state index is 5.79. The monoisotopic (exact) mass is 396 g/mol. The highest BCUT2D eigenvalue weighted by atomic mass is 32.1. The normalized spacial score (nSPS) is 22.5. The van der Waals surface area contributed by atoms with E-state index < -0.39 is 0 Å². The number of nitrogens with one attached hydrogen (secondary N) is 1. The van der Waals surface area contributed by atoms with Crippen LogP contribution in [-0.4, -0.2) is 56.4 Å². The van der Waals surface area contributed by atoms with E-state index in [0.29, 0.717) is 40.2 Å². The van der Waals surface area contributed by atoms with E-state index in [1.807, 2.05) is 0 Å². The predicted octanol–water partition coefficient (Wildman–Crippen LogP) is 1.55. The number of rotatable bonds is 6. The lowest BCUT2D eigenvalue weighted by molar-refractivity contribution is -0.937. The van der Waals surface area contributed by atoms with Gasteiger partial charge in [-0.1, -0.05) is 0 Å². The molecule has 1 aromatic carbocycles. The van der Waals surface area contributed by atoms with Crippen LogP contribution in [0.15, 0.2) is 16.5 Å². The summed E-state index contributed by atoms with van der Waals surface area (Å²) in [6, 6.07) is 3.58. The Morgan fingerprint density at radius 2 is 1.70 bits per heavy atom. The summed E-state index contributed by atoms with van der Waals surface area (Å²) in [7, 11) is 4.70. The molecule has 1 aliphatic heterocycles. The van der Waals surface area contributed by atoms with Gasteiger partial charge in [-0.2, -0.15) is 4.68 Å². The third-order valence-corrected chi connectivity index (χ3v) is 4.80. The van der Waals surface area contributed by atoms with E-state index in [1.54, 1.807) is 38.1 Å². The second-order valence-corrected chi connectivity index (χ2v) is 7.01. The van der Waals surface area contributed by atoms with Gasteiger partial charge >= 0.3 is 0 Å². The highest BCUT2D eigenvalue weighted by molar-refractivity contribution is 7.71. The zero-order valence-corrected chi connectivity index (χ0v) is 17.1. The number of hydrogen-bond acceptors (Lipinski definition) is 7. The van der Waals surface area contributed by atoms with Gasteiger partial charge in [0, 0.05) is 5.56 Å². The Kier molecular flexibility index (Phi) is 6.03. The number of hydrogen-bond donors (Lipinski definition) is 1. The topological polar surface area (TPSA) is 72.3 Å². The number of ether oxygens (including phenoxy) is 4. The fourth-order valence-electron chi connectivity index (χ4n) is 3.46. The first-order valence-corrected chi connectivity index (χ1v) is 9.23. The molecule has 1 unspecified atom stereocenters. The first kappa shape index (κ1) is 19.7. The Balaban J connectivity index is 1.89. The van der Waals surface area contributed by atoms with Crippen LogP contribution in [-0.2, 0) is 11.4 Å². The fourth-order valence-corrected chi connectivity index (χ4v) is 3.64. The lowest BCUT2D eigenvalue weighted by Gasteiger charge is -2.31. The molecule has 0 aliphatic carbocycles. The lowest BCUT2D eigenvalue weighted by Crippen LogP contribution is -3.14. The van der Waals surface area contributed by atoms with Crippen molar-refractivity contribution in [1.82, 2.24) is 9.78 Å². The number of quaternary nitrogens is 1. The van der Waals surface area contributed by atoms with Crippen LogP contribution in [0.5, 0.6) is 17.2 Å². The van der Waals surface area contributed by atoms with E-state index in [0.717, 1.165) is 13.1 Å². The second kappa shape index (κ2) is 8.28. The van der Waals surface area contributed by atoms with Gasteiger partial charge in [-0.3, -0.25) is 0 Å². The summed E-state index contributed by atoms with van der Waals surface area (Å²) in [6.07, 6.45) is 0.416. The molecule has 2 heterocycles. The van der Waals surface area contributed by atoms with Crippen LogP contribution in [0, 0.1) is 4.84 Å². The predicted molar refractivity (Wildman–Crippen MR) is 101 cm³/mol. The fraction of sp³-hybridized carbons (Fsp3) is 0.556. The first-order valence-electron chi connectivity index (χ1n) is 8.82. The molecule has 3 rings (SSSR count). The summed E-state index contributed by atoms with van der Waals surface area (Å²) in [5, 5.41) is 4.56. The van der Waals surface area contributed by atoms with Crippen molar-refractivity contribution in [3.8, 4) is 28.7 Å². The molecule has 2 aromatic rings. The Bertz CT molecular complexity index is 815. The molecule has 0 bridgehead atoms. The lowest BCUT2D eigenvalue weighted by atomic mass is 10.2. The van der Waals surface area contributed by atoms with Crippen molar-refractivity contribution in [2.75, 3.05) is 34.4 Å². The maximum absolute atomic E-state index is 5.79. The van der Waals surface area contributed by atoms with Crippen LogP contribution in [0.1, 0.15) is 13.8 Å². The summed E-state index contributed by atoms with van der Waals surface area (Å²) < 4.78 is 29.4. The summed E-state index contributed by atoms with van der Waals surface area (Å²) in [5.74, 6) is 1.99. The molecule has 0 amide bonds. The third-order valence-electron chi connectivity index (χ3n) is 4.51. The Labute approximate surface area is 163 Å². The molecule has 148 valence electrons. The largest absolute Gasteiger partial charge is 0.493 e. The van der Waals surface area contributed by atoms with Crippen LogP contribution in [0.25, 0.3) is 11.5 Å². The van der Waals surface area contributed by atoms with Crippen molar-refractivity contribution < 1.29 is 28.3 Å². The summed E-state index contributed by atoms with van der Waals surface area (Å²) >= 11 is 5.37. The SMILES string of the molecule is COc1cc(-c2nn(C[NH+]3C[C@@H](C)O[C@@H](C)C3)c(=S)o2)cc(OC)c1OC. The minimum atomic E-state index is 0.208. The van der Waals surface area contributed by atoms with E-state index >= 15 is 0 Å². The number of methoxy groups -OCH3 is 3. The molecular weight excluding hydrogens is 370 g/mol. The zero-order chi connectivity index (χ0) is 19.6. The third kappa shape index (κ3) is 4.26. The van der Waals surface area contributed by atoms with Gasteiger partial charge in [0.25, 0.3) is 4.84 Å². The van der Waals surface area contributed by atoms with Gasteiger partial charge in [0.15, 0.2) is 18.2 Å². The van der Waals surface area contributed by atoms with Crippen molar-refractivity contribution in [1.29, 1.82) is 0 Å². The molecule has 1 fully saturated rings. The molecule has 0 spiro atoms. The molecule has 1 N–H and O–H groups in total. The first-order chi connectivity index (χ1) is 12.9. The Hall–Kier alpha value is -2.10. The number of aromatic nitrogens is 2. The van der Waals surface area contributed by atoms with E-state index in [-0.39, 0.29) is 12.2 Å². The van der Waals surface area contributed by atoms with E-state index in [9.17, 15) is 0 Å². The van der Waals surface area contributed by atoms with E-state index in [1.165, 1.54) is 4.90 Å². The second-order valence-electron chi connectivity index (χ2n) is 6.66. The Morgan fingerprint density at radius 3 is 2.22 bits per heavy atom. The van der Waals surface area contributed by atoms with Gasteiger partial charge in [0.1, 0.15) is 25.3 Å². The smallest absolute Gasteiger partial charge is 0.292 e. The molecule has 1 saturated heterocycles. The number of nitrogens with zero attached hydrogens (tertiary/aromatic N) is 2. The summed E-state index contributed by atoms with van der Waals surface area (Å²) in [4.78, 5) is 1.68. The molecule has 1 aromatic heterocycles. The maximum Gasteiger partial charge on any atom is 0.292 e. The van der Waals surface area contributed by atoms with Gasteiger partial charge in [-0.25, -0.2) is 0 Å². The molecule has 0 saturated carbocycles. The molecule has 8 nitrogen and oxygen atoms in total. The molecule has 0 radical (unpaired) electrons. The molecule has 27 heavy (non-hydrogen) atoms. The van der Waals surface area contributed by atoms with Crippen LogP contribution >= 0.6 is 12.2 Å². The molecular formula is C18H26N3O5S+. The van der Waals surface area contributed by atoms with E-state index in [4.69, 9.17) is 35.6 Å². The molecule has 9 heteroatoms. The average molecular weight is 396 g/mol. The molecule has 3 atom stereocenters. The van der Waals surface area contributed by atoms with Crippen molar-refractivity contribution in [3.05, 3.63) is 17.0 Å². The average Bonchev–Trinajstić information content (AvgIpc) is 3.00. The Morgan fingerprint density at radius 1 is 1.11 bits per heavy atom. The van der Waals surface area contributed by atoms with Crippen molar-refractivity contribution in [2.24, 2.45) is 0 Å². The number of benzene rings is 1. The highest BCUT2D eigenvalue weighted by Crippen LogP contribution is 2.40. The quantitative estimate of drug-likeness (QED) is 0.743. The van der Waals surface area contributed by atoms with Crippen molar-refractivity contribution in [2.45, 2.75) is 32.7 Å². The van der Waals surface area contributed by atoms with Gasteiger partial charge < -0.3 is 28.3 Å². The van der Waals surface area contributed by atoms with Crippen LogP contribution in [0.2, 0.25) is 0 Å². The molecule has 1 aliphatic rings. The minimum absolute atomic E-state index is 0.208. The van der Waals surface area contributed by atoms with Crippen molar-refractivity contribution >= 4 is 12.2 Å². The number of morpholine rings is 1. The van der Waals surface area contributed by atoms with E-state index in [2.05, 4.69) is 18.9 Å². The van der Waals surface area contributed by atoms with Crippen LogP contribution in [0.3, 0.4) is 0 Å². The van der Waals surface area contributed by atoms with Gasteiger partial charge in [0.2, 0.25) is 11.6 Å². The van der Waals surface area contributed by atoms with Gasteiger partial charge in [-0.15, -0.1) is 5.10 Å². The zero-order valence-electron chi connectivity index (χ0n) is 16.3. The summed E-state index contributed by atoms with van der Waals surface area (Å²) in [5.41, 5.74) is 0.702.